The standard InChI is InChI=1S/C27H12I6O12S/c28-10-3-13(21(34)15(30)5-10)26(38)44-19-1-9(25(37)43-12-7-17(32)24(18(33)8-12)46(40,41)42)2-20(23(19)36)45-27(39)14-4-11(29)6-16(31)22(14)35/h1-8,34-36H,(H,40,41,42)/p-1. The third-order valence-corrected chi connectivity index (χ3v) is 11.9. The van der Waals surface area contributed by atoms with E-state index in [1.807, 2.05) is 90.4 Å². The van der Waals surface area contributed by atoms with E-state index < -0.39 is 67.2 Å². The minimum atomic E-state index is -4.83. The molecule has 0 spiro atoms. The zero-order valence-electron chi connectivity index (χ0n) is 21.8. The Bertz CT molecular complexity index is 1950. The van der Waals surface area contributed by atoms with Crippen molar-refractivity contribution in [3.63, 3.8) is 0 Å². The zero-order valence-corrected chi connectivity index (χ0v) is 35.6. The summed E-state index contributed by atoms with van der Waals surface area (Å²) < 4.78 is 52.7. The van der Waals surface area contributed by atoms with E-state index in [1.54, 1.807) is 57.3 Å². The molecule has 0 bridgehead atoms. The number of esters is 3. The van der Waals surface area contributed by atoms with Gasteiger partial charge >= 0.3 is 17.9 Å². The summed E-state index contributed by atoms with van der Waals surface area (Å²) in [6.45, 7) is 0. The second-order valence-corrected chi connectivity index (χ2v) is 17.2. The number of rotatable bonds is 7. The lowest BCUT2D eigenvalue weighted by atomic mass is 10.1. The van der Waals surface area contributed by atoms with Crippen molar-refractivity contribution in [2.45, 2.75) is 4.90 Å². The van der Waals surface area contributed by atoms with Gasteiger partial charge in [-0.2, -0.15) is 0 Å². The summed E-state index contributed by atoms with van der Waals surface area (Å²) in [6.07, 6.45) is 0. The lowest BCUT2D eigenvalue weighted by Gasteiger charge is -2.15. The monoisotopic (exact) mass is 1320 g/mol. The van der Waals surface area contributed by atoms with Crippen molar-refractivity contribution in [1.29, 1.82) is 0 Å². The molecular weight excluding hydrogens is 1310 g/mol. The van der Waals surface area contributed by atoms with Crippen molar-refractivity contribution < 1.29 is 56.9 Å². The van der Waals surface area contributed by atoms with Crippen LogP contribution in [0.1, 0.15) is 31.1 Å². The molecule has 0 saturated carbocycles. The highest BCUT2D eigenvalue weighted by Crippen LogP contribution is 2.40. The molecule has 0 atom stereocenters. The van der Waals surface area contributed by atoms with Gasteiger partial charge in [0.2, 0.25) is 5.75 Å². The topological polar surface area (TPSA) is 197 Å². The lowest BCUT2D eigenvalue weighted by molar-refractivity contribution is 0.0696. The smallest absolute Gasteiger partial charge is 0.347 e. The average Bonchev–Trinajstić information content (AvgIpc) is 2.93. The summed E-state index contributed by atoms with van der Waals surface area (Å²) in [5.74, 6) is -6.54. The molecule has 0 radical (unpaired) electrons. The van der Waals surface area contributed by atoms with Crippen molar-refractivity contribution in [3.8, 4) is 34.5 Å². The van der Waals surface area contributed by atoms with Crippen LogP contribution in [-0.4, -0.2) is 46.2 Å². The highest BCUT2D eigenvalue weighted by molar-refractivity contribution is 14.1. The Kier molecular flexibility index (Phi) is 12.5. The SMILES string of the molecule is O=C(Oc1cc(I)c(S(=O)(=O)[O-])c(I)c1)c1cc(OC(=O)c2cc(I)cc(I)c2O)c(O)c(OC(=O)c2cc(I)cc(I)c2O)c1. The zero-order chi connectivity index (χ0) is 34.2. The quantitative estimate of drug-likeness (QED) is 0.0744. The first-order valence-corrected chi connectivity index (χ1v) is 19.6. The number of halogens is 6. The van der Waals surface area contributed by atoms with E-state index in [9.17, 15) is 42.7 Å². The number of benzene rings is 4. The van der Waals surface area contributed by atoms with Crippen molar-refractivity contribution >= 4 is 164 Å². The Labute approximate surface area is 341 Å². The second kappa shape index (κ2) is 15.3. The van der Waals surface area contributed by atoms with Gasteiger partial charge in [-0.3, -0.25) is 0 Å². The first kappa shape index (κ1) is 37.8. The van der Waals surface area contributed by atoms with Gasteiger partial charge in [-0.15, -0.1) is 0 Å². The number of phenolic OH excluding ortho intramolecular Hbond substituents is 3. The molecule has 19 heteroatoms. The Hall–Kier alpha value is -1.02. The highest BCUT2D eigenvalue weighted by Gasteiger charge is 2.26. The number of ether oxygens (including phenoxy) is 3. The van der Waals surface area contributed by atoms with Crippen molar-refractivity contribution in [2.75, 3.05) is 0 Å². The molecule has 4 rings (SSSR count). The van der Waals surface area contributed by atoms with Crippen LogP contribution in [0, 0.1) is 21.4 Å². The molecule has 240 valence electrons. The molecule has 46 heavy (non-hydrogen) atoms. The van der Waals surface area contributed by atoms with Crippen molar-refractivity contribution in [3.05, 3.63) is 86.6 Å². The van der Waals surface area contributed by atoms with Crippen molar-refractivity contribution in [1.82, 2.24) is 0 Å². The van der Waals surface area contributed by atoms with Gasteiger partial charge < -0.3 is 34.1 Å². The minimum absolute atomic E-state index is 0.0175. The van der Waals surface area contributed by atoms with E-state index >= 15 is 0 Å². The third-order valence-electron chi connectivity index (χ3n) is 5.61. The molecule has 4 aromatic carbocycles. The van der Waals surface area contributed by atoms with Crippen LogP contribution in [0.3, 0.4) is 0 Å². The van der Waals surface area contributed by atoms with Crippen LogP contribution in [0.5, 0.6) is 34.5 Å². The molecule has 0 saturated heterocycles. The molecule has 12 nitrogen and oxygen atoms in total. The summed E-state index contributed by atoms with van der Waals surface area (Å²) >= 11 is 10.7. The van der Waals surface area contributed by atoms with Crippen LogP contribution in [0.25, 0.3) is 0 Å². The second-order valence-electron chi connectivity index (χ2n) is 8.73. The van der Waals surface area contributed by atoms with E-state index in [1.165, 1.54) is 12.1 Å². The van der Waals surface area contributed by atoms with E-state index in [-0.39, 0.29) is 24.0 Å². The van der Waals surface area contributed by atoms with Gasteiger partial charge in [-0.1, -0.05) is 0 Å². The fourth-order valence-corrected chi connectivity index (χ4v) is 11.2. The van der Waals surface area contributed by atoms with E-state index in [2.05, 4.69) is 0 Å². The molecule has 0 aliphatic carbocycles. The van der Waals surface area contributed by atoms with Crippen LogP contribution in [0.2, 0.25) is 0 Å². The van der Waals surface area contributed by atoms with Gasteiger partial charge in [0.1, 0.15) is 38.5 Å². The molecule has 4 aromatic rings. The summed E-state index contributed by atoms with van der Waals surface area (Å²) in [5, 5.41) is 31.8. The number of hydrogen-bond donors (Lipinski definition) is 3. The molecule has 0 heterocycles. The van der Waals surface area contributed by atoms with E-state index in [0.29, 0.717) is 14.3 Å². The van der Waals surface area contributed by atoms with E-state index in [4.69, 9.17) is 14.2 Å². The van der Waals surface area contributed by atoms with Gasteiger partial charge in [0.05, 0.1) is 17.6 Å². The molecule has 0 aliphatic rings. The van der Waals surface area contributed by atoms with E-state index in [0.717, 1.165) is 24.3 Å². The Morgan fingerprint density at radius 3 is 1.37 bits per heavy atom. The number of carbonyl (C=O) groups excluding carboxylic acids is 3. The Morgan fingerprint density at radius 2 is 0.978 bits per heavy atom. The fourth-order valence-electron chi connectivity index (χ4n) is 3.61. The largest absolute Gasteiger partial charge is 0.744 e. The van der Waals surface area contributed by atoms with Crippen molar-refractivity contribution in [2.24, 2.45) is 0 Å². The average molecular weight is 1320 g/mol. The Balaban J connectivity index is 1.78. The van der Waals surface area contributed by atoms with Crippen LogP contribution in [0.15, 0.2) is 53.4 Å². The fraction of sp³-hybridized carbons (Fsp3) is 0. The number of aromatic hydroxyl groups is 3. The molecule has 0 aromatic heterocycles. The van der Waals surface area contributed by atoms with Gasteiger partial charge in [-0.25, -0.2) is 22.8 Å². The summed E-state index contributed by atoms with van der Waals surface area (Å²) in [7, 11) is -4.83. The normalized spacial score (nSPS) is 11.2. The summed E-state index contributed by atoms with van der Waals surface area (Å²) in [6, 6.07) is 9.96. The molecular formula is C27H11I6O12S-. The molecule has 0 aliphatic heterocycles. The first-order chi connectivity index (χ1) is 21.4. The maximum Gasteiger partial charge on any atom is 0.347 e. The highest BCUT2D eigenvalue weighted by atomic mass is 127. The predicted molar refractivity (Wildman–Crippen MR) is 210 cm³/mol. The van der Waals surface area contributed by atoms with Crippen LogP contribution in [-0.2, 0) is 10.1 Å². The molecule has 3 N–H and O–H groups in total. The molecule has 0 unspecified atom stereocenters. The van der Waals surface area contributed by atoms with Crippen LogP contribution in [0.4, 0.5) is 0 Å². The Morgan fingerprint density at radius 1 is 0.565 bits per heavy atom. The third kappa shape index (κ3) is 8.76. The van der Waals surface area contributed by atoms with Crippen LogP contribution >= 0.6 is 136 Å². The van der Waals surface area contributed by atoms with Gasteiger partial charge in [0.15, 0.2) is 11.5 Å². The lowest BCUT2D eigenvalue weighted by Crippen LogP contribution is -2.15. The molecule has 0 fully saturated rings. The number of hydrogen-bond acceptors (Lipinski definition) is 12. The van der Waals surface area contributed by atoms with Gasteiger partial charge in [-0.05, 0) is 184 Å². The van der Waals surface area contributed by atoms with Crippen LogP contribution < -0.4 is 14.2 Å². The maximum absolute atomic E-state index is 13.3. The summed E-state index contributed by atoms with van der Waals surface area (Å²) in [4.78, 5) is 39.0. The maximum atomic E-state index is 13.3. The predicted octanol–water partition coefficient (Wildman–Crippen LogP) is 6.99. The van der Waals surface area contributed by atoms with Gasteiger partial charge in [0, 0.05) is 14.3 Å². The first-order valence-electron chi connectivity index (χ1n) is 11.7. The minimum Gasteiger partial charge on any atom is -0.744 e. The number of carbonyl (C=O) groups is 3. The van der Waals surface area contributed by atoms with Gasteiger partial charge in [0.25, 0.3) is 0 Å². The number of phenols is 3. The summed E-state index contributed by atoms with van der Waals surface area (Å²) in [5.41, 5.74) is -0.937. The molecule has 0 amide bonds.